The van der Waals surface area contributed by atoms with Gasteiger partial charge in [-0.3, -0.25) is 0 Å². The molecule has 3 rings (SSSR count). The van der Waals surface area contributed by atoms with Gasteiger partial charge in [0, 0.05) is 4.88 Å². The van der Waals surface area contributed by atoms with Crippen LogP contribution in [0.4, 0.5) is 0 Å². The second-order valence-corrected chi connectivity index (χ2v) is 6.42. The minimum Gasteiger partial charge on any atom is -0.454 e. The largest absolute Gasteiger partial charge is 0.454 e. The van der Waals surface area contributed by atoms with Crippen molar-refractivity contribution in [2.75, 3.05) is 0 Å². The number of hydrogen-bond donors (Lipinski definition) is 0. The SMILES string of the molecule is Cc1nc(COC(=O)c2sccc2-n2cnnn2)sc1C. The highest BCUT2D eigenvalue weighted by Gasteiger charge is 2.17. The van der Waals surface area contributed by atoms with Gasteiger partial charge in [0.25, 0.3) is 0 Å². The van der Waals surface area contributed by atoms with Crippen molar-refractivity contribution >= 4 is 28.6 Å². The summed E-state index contributed by atoms with van der Waals surface area (Å²) in [4.78, 5) is 18.1. The molecule has 9 heteroatoms. The molecule has 3 aromatic heterocycles. The zero-order valence-corrected chi connectivity index (χ0v) is 12.9. The normalized spacial score (nSPS) is 10.8. The maximum atomic E-state index is 12.2. The third-order valence-corrected chi connectivity index (χ3v) is 4.76. The number of carbonyl (C=O) groups excluding carboxylic acids is 1. The molecule has 0 spiro atoms. The molecule has 21 heavy (non-hydrogen) atoms. The van der Waals surface area contributed by atoms with Gasteiger partial charge >= 0.3 is 5.97 Å². The Morgan fingerprint density at radius 1 is 1.43 bits per heavy atom. The number of nitrogens with zero attached hydrogens (tertiary/aromatic N) is 5. The number of thiophene rings is 1. The van der Waals surface area contributed by atoms with E-state index in [1.54, 1.807) is 11.4 Å². The molecule has 0 saturated carbocycles. The molecule has 0 aliphatic heterocycles. The molecule has 108 valence electrons. The number of aromatic nitrogens is 5. The zero-order chi connectivity index (χ0) is 14.8. The first-order chi connectivity index (χ1) is 10.1. The van der Waals surface area contributed by atoms with Crippen LogP contribution in [0.5, 0.6) is 0 Å². The second-order valence-electron chi connectivity index (χ2n) is 4.21. The fraction of sp³-hybridized carbons (Fsp3) is 0.250. The number of thiazole rings is 1. The highest BCUT2D eigenvalue weighted by molar-refractivity contribution is 7.12. The lowest BCUT2D eigenvalue weighted by molar-refractivity contribution is 0.0478. The molecule has 0 radical (unpaired) electrons. The van der Waals surface area contributed by atoms with Crippen LogP contribution in [0.2, 0.25) is 0 Å². The molecule has 0 bridgehead atoms. The van der Waals surface area contributed by atoms with Crippen molar-refractivity contribution in [3.05, 3.63) is 38.2 Å². The molecule has 0 aliphatic rings. The van der Waals surface area contributed by atoms with Crippen LogP contribution in [0.1, 0.15) is 25.3 Å². The molecule has 3 aromatic rings. The van der Waals surface area contributed by atoms with Gasteiger partial charge in [0.15, 0.2) is 0 Å². The molecule has 3 heterocycles. The van der Waals surface area contributed by atoms with Crippen molar-refractivity contribution in [1.82, 2.24) is 25.2 Å². The van der Waals surface area contributed by atoms with E-state index >= 15 is 0 Å². The van der Waals surface area contributed by atoms with Crippen molar-refractivity contribution in [2.45, 2.75) is 20.5 Å². The van der Waals surface area contributed by atoms with Crippen LogP contribution in [0.15, 0.2) is 17.8 Å². The summed E-state index contributed by atoms with van der Waals surface area (Å²) in [5, 5.41) is 13.5. The van der Waals surface area contributed by atoms with Gasteiger partial charge in [-0.05, 0) is 35.7 Å². The van der Waals surface area contributed by atoms with Crippen molar-refractivity contribution in [3.63, 3.8) is 0 Å². The van der Waals surface area contributed by atoms with Crippen LogP contribution in [-0.2, 0) is 11.3 Å². The average Bonchev–Trinajstić information content (AvgIpc) is 3.17. The Hall–Kier alpha value is -2.13. The summed E-state index contributed by atoms with van der Waals surface area (Å²) >= 11 is 2.82. The van der Waals surface area contributed by atoms with E-state index < -0.39 is 5.97 Å². The maximum absolute atomic E-state index is 12.2. The van der Waals surface area contributed by atoms with Crippen LogP contribution in [0.3, 0.4) is 0 Å². The molecular weight excluding hydrogens is 310 g/mol. The van der Waals surface area contributed by atoms with E-state index in [1.165, 1.54) is 33.7 Å². The second kappa shape index (κ2) is 5.70. The van der Waals surface area contributed by atoms with Gasteiger partial charge in [-0.25, -0.2) is 9.78 Å². The fourth-order valence-electron chi connectivity index (χ4n) is 1.70. The molecule has 0 unspecified atom stereocenters. The van der Waals surface area contributed by atoms with Crippen LogP contribution in [-0.4, -0.2) is 31.2 Å². The summed E-state index contributed by atoms with van der Waals surface area (Å²) in [5.41, 5.74) is 1.58. The van der Waals surface area contributed by atoms with Crippen molar-refractivity contribution in [2.24, 2.45) is 0 Å². The minimum absolute atomic E-state index is 0.172. The molecule has 7 nitrogen and oxygen atoms in total. The summed E-state index contributed by atoms with van der Waals surface area (Å²) in [6.07, 6.45) is 1.44. The predicted octanol–water partition coefficient (Wildman–Crippen LogP) is 2.15. The van der Waals surface area contributed by atoms with Gasteiger partial charge < -0.3 is 4.74 Å². The Morgan fingerprint density at radius 3 is 2.95 bits per heavy atom. The van der Waals surface area contributed by atoms with E-state index in [0.717, 1.165) is 15.6 Å². The summed E-state index contributed by atoms with van der Waals surface area (Å²) in [6.45, 7) is 4.10. The molecule has 0 amide bonds. The Morgan fingerprint density at radius 2 is 2.29 bits per heavy atom. The molecule has 0 aromatic carbocycles. The number of esters is 1. The molecule has 0 N–H and O–H groups in total. The van der Waals surface area contributed by atoms with E-state index in [0.29, 0.717) is 10.6 Å². The number of aryl methyl sites for hydroxylation is 2. The quantitative estimate of drug-likeness (QED) is 0.685. The van der Waals surface area contributed by atoms with E-state index in [2.05, 4.69) is 20.5 Å². The van der Waals surface area contributed by atoms with E-state index in [1.807, 2.05) is 13.8 Å². The van der Waals surface area contributed by atoms with Gasteiger partial charge in [0.2, 0.25) is 0 Å². The Balaban J connectivity index is 1.73. The third-order valence-electron chi connectivity index (χ3n) is 2.83. The van der Waals surface area contributed by atoms with Crippen LogP contribution < -0.4 is 0 Å². The summed E-state index contributed by atoms with van der Waals surface area (Å²) < 4.78 is 6.75. The van der Waals surface area contributed by atoms with Gasteiger partial charge in [0.1, 0.15) is 22.8 Å². The summed E-state index contributed by atoms with van der Waals surface area (Å²) in [6, 6.07) is 1.77. The highest BCUT2D eigenvalue weighted by atomic mass is 32.1. The number of hydrogen-bond acceptors (Lipinski definition) is 8. The van der Waals surface area contributed by atoms with Gasteiger partial charge in [-0.15, -0.1) is 27.8 Å². The first kappa shape index (κ1) is 13.8. The molecular formula is C12H11N5O2S2. The number of tetrazole rings is 1. The maximum Gasteiger partial charge on any atom is 0.350 e. The zero-order valence-electron chi connectivity index (χ0n) is 11.3. The van der Waals surface area contributed by atoms with Gasteiger partial charge in [-0.1, -0.05) is 0 Å². The summed E-state index contributed by atoms with van der Waals surface area (Å²) in [5.74, 6) is -0.402. The van der Waals surface area contributed by atoms with Crippen LogP contribution in [0, 0.1) is 13.8 Å². The fourth-order valence-corrected chi connectivity index (χ4v) is 3.32. The highest BCUT2D eigenvalue weighted by Crippen LogP contribution is 2.22. The Kier molecular flexibility index (Phi) is 3.76. The average molecular weight is 321 g/mol. The van der Waals surface area contributed by atoms with Crippen LogP contribution >= 0.6 is 22.7 Å². The number of rotatable bonds is 4. The third kappa shape index (κ3) is 2.83. The lowest BCUT2D eigenvalue weighted by Crippen LogP contribution is -2.07. The Bertz CT molecular complexity index is 743. The molecule has 0 fully saturated rings. The lowest BCUT2D eigenvalue weighted by atomic mass is 10.4. The van der Waals surface area contributed by atoms with Gasteiger partial charge in [0.05, 0.1) is 11.4 Å². The number of carbonyl (C=O) groups is 1. The van der Waals surface area contributed by atoms with Crippen molar-refractivity contribution in [1.29, 1.82) is 0 Å². The standard InChI is InChI=1S/C12H11N5O2S2/c1-7-8(2)21-10(14-7)5-19-12(18)11-9(3-4-20-11)17-6-13-15-16-17/h3-4,6H,5H2,1-2H3. The first-order valence-electron chi connectivity index (χ1n) is 6.06. The van der Waals surface area contributed by atoms with Gasteiger partial charge in [-0.2, -0.15) is 4.68 Å². The summed E-state index contributed by atoms with van der Waals surface area (Å²) in [7, 11) is 0. The van der Waals surface area contributed by atoms with E-state index in [9.17, 15) is 4.79 Å². The molecule has 0 aliphatic carbocycles. The lowest BCUT2D eigenvalue weighted by Gasteiger charge is -2.03. The topological polar surface area (TPSA) is 82.8 Å². The first-order valence-corrected chi connectivity index (χ1v) is 7.75. The van der Waals surface area contributed by atoms with Crippen molar-refractivity contribution in [3.8, 4) is 5.69 Å². The Labute approximate surface area is 128 Å². The molecule has 0 atom stereocenters. The van der Waals surface area contributed by atoms with E-state index in [-0.39, 0.29) is 6.61 Å². The van der Waals surface area contributed by atoms with Crippen LogP contribution in [0.25, 0.3) is 5.69 Å². The van der Waals surface area contributed by atoms with E-state index in [4.69, 9.17) is 4.74 Å². The number of ether oxygens (including phenoxy) is 1. The minimum atomic E-state index is -0.402. The monoisotopic (exact) mass is 321 g/mol. The smallest absolute Gasteiger partial charge is 0.350 e. The van der Waals surface area contributed by atoms with Crippen molar-refractivity contribution < 1.29 is 9.53 Å². The molecule has 0 saturated heterocycles. The predicted molar refractivity (Wildman–Crippen MR) is 77.7 cm³/mol.